The fraction of sp³-hybridized carbons (Fsp3) is 0.200. The van der Waals surface area contributed by atoms with Gasteiger partial charge in [-0.15, -0.1) is 0 Å². The Kier molecular flexibility index (Phi) is 4.94. The van der Waals surface area contributed by atoms with E-state index in [1.807, 2.05) is 25.1 Å². The molecule has 3 nitrogen and oxygen atoms in total. The Balaban J connectivity index is 2.21. The van der Waals surface area contributed by atoms with Gasteiger partial charge in [0.2, 0.25) is 0 Å². The highest BCUT2D eigenvalue weighted by molar-refractivity contribution is 9.11. The fourth-order valence-corrected chi connectivity index (χ4v) is 3.58. The molecule has 0 saturated heterocycles. The number of anilines is 1. The zero-order chi connectivity index (χ0) is 14.7. The van der Waals surface area contributed by atoms with E-state index in [2.05, 4.69) is 37.2 Å². The number of aromatic hydroxyl groups is 1. The van der Waals surface area contributed by atoms with Gasteiger partial charge in [-0.3, -0.25) is 0 Å². The summed E-state index contributed by atoms with van der Waals surface area (Å²) in [4.78, 5) is 0. The Hall–Kier alpha value is -1.20. The van der Waals surface area contributed by atoms with E-state index in [0.717, 1.165) is 25.9 Å². The molecule has 0 spiro atoms. The molecule has 0 saturated carbocycles. The Morgan fingerprint density at radius 3 is 2.40 bits per heavy atom. The van der Waals surface area contributed by atoms with E-state index in [0.29, 0.717) is 6.54 Å². The number of benzene rings is 2. The lowest BCUT2D eigenvalue weighted by Gasteiger charge is -2.13. The summed E-state index contributed by atoms with van der Waals surface area (Å²) < 4.78 is 7.12. The lowest BCUT2D eigenvalue weighted by molar-refractivity contribution is 0.411. The van der Waals surface area contributed by atoms with E-state index >= 15 is 0 Å². The van der Waals surface area contributed by atoms with Gasteiger partial charge in [0, 0.05) is 21.1 Å². The number of hydrogen-bond acceptors (Lipinski definition) is 3. The quantitative estimate of drug-likeness (QED) is 0.770. The van der Waals surface area contributed by atoms with Crippen LogP contribution in [0.1, 0.15) is 11.1 Å². The number of ether oxygens (including phenoxy) is 1. The molecule has 5 heteroatoms. The second-order valence-electron chi connectivity index (χ2n) is 4.45. The maximum absolute atomic E-state index is 9.87. The molecule has 0 amide bonds. The van der Waals surface area contributed by atoms with Crippen LogP contribution in [-0.2, 0) is 6.54 Å². The monoisotopic (exact) mass is 399 g/mol. The van der Waals surface area contributed by atoms with Crippen LogP contribution in [-0.4, -0.2) is 12.2 Å². The van der Waals surface area contributed by atoms with Gasteiger partial charge in [0.1, 0.15) is 11.5 Å². The number of methoxy groups -OCH3 is 1. The number of nitrogens with one attached hydrogen (secondary N) is 1. The standard InChI is InChI=1S/C15H15Br2NO2/c1-9-5-12(16)15(13(17)6-9)18-8-10-7-11(20-2)3-4-14(10)19/h3-7,18-19H,8H2,1-2H3. The third-order valence-corrected chi connectivity index (χ3v) is 4.18. The second kappa shape index (κ2) is 6.50. The third-order valence-electron chi connectivity index (χ3n) is 2.93. The number of hydrogen-bond donors (Lipinski definition) is 2. The van der Waals surface area contributed by atoms with Gasteiger partial charge in [0.05, 0.1) is 12.8 Å². The second-order valence-corrected chi connectivity index (χ2v) is 6.16. The average Bonchev–Trinajstić information content (AvgIpc) is 2.39. The predicted molar refractivity (Wildman–Crippen MR) is 88.6 cm³/mol. The predicted octanol–water partition coefficient (Wildman–Crippen LogP) is 4.85. The highest BCUT2D eigenvalue weighted by atomic mass is 79.9. The molecule has 0 fully saturated rings. The molecule has 2 aromatic carbocycles. The average molecular weight is 401 g/mol. The fourth-order valence-electron chi connectivity index (χ4n) is 1.88. The van der Waals surface area contributed by atoms with E-state index in [-0.39, 0.29) is 5.75 Å². The van der Waals surface area contributed by atoms with Gasteiger partial charge in [0.15, 0.2) is 0 Å². The Morgan fingerprint density at radius 2 is 1.80 bits per heavy atom. The van der Waals surface area contributed by atoms with Crippen molar-refractivity contribution in [3.05, 3.63) is 50.4 Å². The van der Waals surface area contributed by atoms with Crippen molar-refractivity contribution in [3.8, 4) is 11.5 Å². The maximum Gasteiger partial charge on any atom is 0.120 e. The molecule has 0 aromatic heterocycles. The minimum Gasteiger partial charge on any atom is -0.508 e. The summed E-state index contributed by atoms with van der Waals surface area (Å²) in [6, 6.07) is 9.26. The smallest absolute Gasteiger partial charge is 0.120 e. The molecule has 0 bridgehead atoms. The summed E-state index contributed by atoms with van der Waals surface area (Å²) >= 11 is 7.08. The van der Waals surface area contributed by atoms with Crippen molar-refractivity contribution < 1.29 is 9.84 Å². The van der Waals surface area contributed by atoms with E-state index in [1.54, 1.807) is 19.2 Å². The molecule has 2 aromatic rings. The summed E-state index contributed by atoms with van der Waals surface area (Å²) in [7, 11) is 1.61. The summed E-state index contributed by atoms with van der Waals surface area (Å²) in [6.45, 7) is 2.54. The van der Waals surface area contributed by atoms with Crippen LogP contribution in [0.2, 0.25) is 0 Å². The first kappa shape index (κ1) is 15.2. The van der Waals surface area contributed by atoms with Crippen LogP contribution >= 0.6 is 31.9 Å². The van der Waals surface area contributed by atoms with Crippen molar-refractivity contribution in [3.63, 3.8) is 0 Å². The zero-order valence-corrected chi connectivity index (χ0v) is 14.4. The van der Waals surface area contributed by atoms with E-state index < -0.39 is 0 Å². The summed E-state index contributed by atoms with van der Waals surface area (Å²) in [5, 5.41) is 13.2. The van der Waals surface area contributed by atoms with Crippen LogP contribution in [0.15, 0.2) is 39.3 Å². The first-order valence-corrected chi connectivity index (χ1v) is 7.65. The first-order chi connectivity index (χ1) is 9.51. The molecular weight excluding hydrogens is 386 g/mol. The van der Waals surface area contributed by atoms with Crippen molar-refractivity contribution in [1.82, 2.24) is 0 Å². The van der Waals surface area contributed by atoms with Crippen LogP contribution in [0.25, 0.3) is 0 Å². The van der Waals surface area contributed by atoms with Crippen LogP contribution in [0.5, 0.6) is 11.5 Å². The number of aryl methyl sites for hydroxylation is 1. The molecule has 2 N–H and O–H groups in total. The van der Waals surface area contributed by atoms with E-state index in [4.69, 9.17) is 4.74 Å². The number of phenolic OH excluding ortho intramolecular Hbond substituents is 1. The van der Waals surface area contributed by atoms with Crippen molar-refractivity contribution >= 4 is 37.5 Å². The Morgan fingerprint density at radius 1 is 1.15 bits per heavy atom. The molecule has 0 heterocycles. The van der Waals surface area contributed by atoms with Gasteiger partial charge in [0.25, 0.3) is 0 Å². The molecule has 0 atom stereocenters. The summed E-state index contributed by atoms with van der Waals surface area (Å²) in [5.41, 5.74) is 2.90. The molecular formula is C15H15Br2NO2. The van der Waals surface area contributed by atoms with Gasteiger partial charge >= 0.3 is 0 Å². The number of phenols is 1. The Bertz CT molecular complexity index is 606. The first-order valence-electron chi connectivity index (χ1n) is 6.06. The molecule has 0 aliphatic rings. The third kappa shape index (κ3) is 3.46. The zero-order valence-electron chi connectivity index (χ0n) is 11.2. The molecule has 0 aliphatic carbocycles. The lowest BCUT2D eigenvalue weighted by atomic mass is 10.1. The van der Waals surface area contributed by atoms with Gasteiger partial charge in [-0.05, 0) is 74.7 Å². The normalized spacial score (nSPS) is 10.4. The largest absolute Gasteiger partial charge is 0.508 e. The molecule has 106 valence electrons. The summed E-state index contributed by atoms with van der Waals surface area (Å²) in [6.07, 6.45) is 0. The lowest BCUT2D eigenvalue weighted by Crippen LogP contribution is -2.02. The number of rotatable bonds is 4. The Labute approximate surface area is 135 Å². The molecule has 2 rings (SSSR count). The van der Waals surface area contributed by atoms with Gasteiger partial charge in [-0.1, -0.05) is 0 Å². The minimum absolute atomic E-state index is 0.248. The van der Waals surface area contributed by atoms with Gasteiger partial charge < -0.3 is 15.2 Å². The highest BCUT2D eigenvalue weighted by Crippen LogP contribution is 2.33. The molecule has 0 aliphatic heterocycles. The van der Waals surface area contributed by atoms with Gasteiger partial charge in [-0.25, -0.2) is 0 Å². The highest BCUT2D eigenvalue weighted by Gasteiger charge is 2.08. The molecule has 0 unspecified atom stereocenters. The topological polar surface area (TPSA) is 41.5 Å². The van der Waals surface area contributed by atoms with Crippen molar-refractivity contribution in [2.24, 2.45) is 0 Å². The van der Waals surface area contributed by atoms with Crippen LogP contribution in [0.4, 0.5) is 5.69 Å². The molecule has 0 radical (unpaired) electrons. The SMILES string of the molecule is COc1ccc(O)c(CNc2c(Br)cc(C)cc2Br)c1. The van der Waals surface area contributed by atoms with Gasteiger partial charge in [-0.2, -0.15) is 0 Å². The van der Waals surface area contributed by atoms with Crippen LogP contribution in [0.3, 0.4) is 0 Å². The number of halogens is 2. The minimum atomic E-state index is 0.248. The van der Waals surface area contributed by atoms with E-state index in [9.17, 15) is 5.11 Å². The maximum atomic E-state index is 9.87. The van der Waals surface area contributed by atoms with E-state index in [1.165, 1.54) is 5.56 Å². The van der Waals surface area contributed by atoms with Crippen LogP contribution in [0, 0.1) is 6.92 Å². The van der Waals surface area contributed by atoms with Crippen molar-refractivity contribution in [1.29, 1.82) is 0 Å². The van der Waals surface area contributed by atoms with Crippen molar-refractivity contribution in [2.45, 2.75) is 13.5 Å². The van der Waals surface area contributed by atoms with Crippen molar-refractivity contribution in [2.75, 3.05) is 12.4 Å². The summed E-state index contributed by atoms with van der Waals surface area (Å²) in [5.74, 6) is 0.972. The molecule has 20 heavy (non-hydrogen) atoms. The van der Waals surface area contributed by atoms with Crippen LogP contribution < -0.4 is 10.1 Å².